The van der Waals surface area contributed by atoms with Crippen molar-refractivity contribution in [3.8, 4) is 17.2 Å². The molecule has 1 aromatic heterocycles. The van der Waals surface area contributed by atoms with Gasteiger partial charge < -0.3 is 39.6 Å². The molecule has 2 heterocycles. The topological polar surface area (TPSA) is 137 Å². The van der Waals surface area contributed by atoms with Crippen LogP contribution in [0.25, 0.3) is 0 Å². The lowest BCUT2D eigenvalue weighted by Gasteiger charge is -2.34. The number of methoxy groups -OCH3 is 2. The molecule has 0 bridgehead atoms. The minimum Gasteiger partial charge on any atom is -0.496 e. The maximum Gasteiger partial charge on any atom is 0.320 e. The number of hydrogen-bond donors (Lipinski definition) is 2. The number of nitrogens with zero attached hydrogens (tertiary/aromatic N) is 5. The molecule has 0 aliphatic carbocycles. The Kier molecular flexibility index (Phi) is 15.9. The van der Waals surface area contributed by atoms with Gasteiger partial charge in [-0.3, -0.25) is 14.6 Å². The van der Waals surface area contributed by atoms with E-state index in [0.717, 1.165) is 67.2 Å². The number of ether oxygens (including phenoxy) is 5. The molecule has 0 amide bonds. The molecule has 1 aliphatic rings. The van der Waals surface area contributed by atoms with Gasteiger partial charge in [-0.15, -0.1) is 0 Å². The molecule has 312 valence electrons. The second-order valence-electron chi connectivity index (χ2n) is 14.4. The second kappa shape index (κ2) is 21.9. The van der Waals surface area contributed by atoms with Gasteiger partial charge in [-0.2, -0.15) is 0 Å². The molecule has 5 aromatic rings. The van der Waals surface area contributed by atoms with Gasteiger partial charge in [-0.1, -0.05) is 54.1 Å². The number of carbonyl (C=O) groups is 1. The summed E-state index contributed by atoms with van der Waals surface area (Å²) in [4.78, 5) is 28.0. The van der Waals surface area contributed by atoms with E-state index in [1.165, 1.54) is 11.1 Å². The van der Waals surface area contributed by atoms with Crippen LogP contribution >= 0.6 is 0 Å². The number of rotatable bonds is 21. The van der Waals surface area contributed by atoms with Gasteiger partial charge in [-0.25, -0.2) is 9.97 Å². The molecule has 13 heteroatoms. The van der Waals surface area contributed by atoms with Crippen molar-refractivity contribution in [3.05, 3.63) is 125 Å². The fourth-order valence-corrected chi connectivity index (χ4v) is 7.01. The van der Waals surface area contributed by atoms with Crippen LogP contribution in [0.15, 0.2) is 97.3 Å². The lowest BCUT2D eigenvalue weighted by molar-refractivity contribution is -0.144. The van der Waals surface area contributed by atoms with Crippen LogP contribution in [0.1, 0.15) is 34.7 Å². The first kappa shape index (κ1) is 42.9. The van der Waals surface area contributed by atoms with Crippen molar-refractivity contribution in [2.75, 3.05) is 83.5 Å². The molecule has 13 nitrogen and oxygen atoms in total. The number of anilines is 4. The minimum atomic E-state index is -0.165. The number of hydrogen-bond acceptors (Lipinski definition) is 13. The Morgan fingerprint density at radius 2 is 1.56 bits per heavy atom. The molecule has 4 aromatic carbocycles. The summed E-state index contributed by atoms with van der Waals surface area (Å²) in [6.07, 6.45) is 2.31. The maximum atomic E-state index is 11.9. The summed E-state index contributed by atoms with van der Waals surface area (Å²) < 4.78 is 29.0. The Balaban J connectivity index is 1.16. The molecule has 0 spiro atoms. The van der Waals surface area contributed by atoms with Gasteiger partial charge in [0.25, 0.3) is 0 Å². The highest BCUT2D eigenvalue weighted by Gasteiger charge is 2.22. The van der Waals surface area contributed by atoms with Crippen molar-refractivity contribution in [3.63, 3.8) is 0 Å². The summed E-state index contributed by atoms with van der Waals surface area (Å²) >= 11 is 0. The fraction of sp³-hybridized carbons (Fsp3) is 0.370. The Morgan fingerprint density at radius 3 is 2.29 bits per heavy atom. The highest BCUT2D eigenvalue weighted by Crippen LogP contribution is 2.38. The quantitative estimate of drug-likeness (QED) is 0.0605. The molecule has 1 aliphatic heterocycles. The first-order chi connectivity index (χ1) is 28.8. The molecular weight excluding hydrogens is 747 g/mol. The predicted octanol–water partition coefficient (Wildman–Crippen LogP) is 6.66. The van der Waals surface area contributed by atoms with Crippen molar-refractivity contribution in [1.82, 2.24) is 19.8 Å². The van der Waals surface area contributed by atoms with Crippen LogP contribution < -0.4 is 30.2 Å². The molecule has 0 unspecified atom stereocenters. The molecule has 1 fully saturated rings. The highest BCUT2D eigenvalue weighted by molar-refractivity contribution is 5.71. The first-order valence-corrected chi connectivity index (χ1v) is 20.2. The molecule has 0 saturated carbocycles. The van der Waals surface area contributed by atoms with Crippen LogP contribution in [0, 0.1) is 6.92 Å². The second-order valence-corrected chi connectivity index (χ2v) is 14.4. The summed E-state index contributed by atoms with van der Waals surface area (Å²) in [5.41, 5.74) is 13.3. The molecule has 3 N–H and O–H groups in total. The predicted molar refractivity (Wildman–Crippen MR) is 231 cm³/mol. The van der Waals surface area contributed by atoms with Crippen LogP contribution in [0.3, 0.4) is 0 Å². The first-order valence-electron chi connectivity index (χ1n) is 20.2. The van der Waals surface area contributed by atoms with E-state index in [1.807, 2.05) is 37.3 Å². The number of benzene rings is 4. The summed E-state index contributed by atoms with van der Waals surface area (Å²) in [5.74, 6) is 3.02. The maximum absolute atomic E-state index is 11.9. The lowest BCUT2D eigenvalue weighted by Crippen LogP contribution is -2.47. The van der Waals surface area contributed by atoms with Crippen LogP contribution in [0.4, 0.5) is 23.0 Å². The van der Waals surface area contributed by atoms with E-state index in [1.54, 1.807) is 20.5 Å². The zero-order chi connectivity index (χ0) is 41.4. The van der Waals surface area contributed by atoms with Crippen molar-refractivity contribution >= 4 is 29.0 Å². The van der Waals surface area contributed by atoms with E-state index in [-0.39, 0.29) is 5.97 Å². The molecule has 0 radical (unpaired) electrons. The zero-order valence-electron chi connectivity index (χ0n) is 34.7. The summed E-state index contributed by atoms with van der Waals surface area (Å²) in [5, 5.41) is 3.51. The van der Waals surface area contributed by atoms with E-state index >= 15 is 0 Å². The van der Waals surface area contributed by atoms with E-state index in [9.17, 15) is 4.79 Å². The molecule has 0 atom stereocenters. The largest absolute Gasteiger partial charge is 0.496 e. The average Bonchev–Trinajstić information content (AvgIpc) is 3.24. The number of carbonyl (C=O) groups excluding carboxylic acids is 1. The van der Waals surface area contributed by atoms with Crippen molar-refractivity contribution < 1.29 is 28.5 Å². The molecule has 6 rings (SSSR count). The number of aryl methyl sites for hydroxylation is 1. The summed E-state index contributed by atoms with van der Waals surface area (Å²) in [7, 11) is 3.29. The Morgan fingerprint density at radius 1 is 0.831 bits per heavy atom. The molecule has 1 saturated heterocycles. The van der Waals surface area contributed by atoms with Crippen LogP contribution in [-0.2, 0) is 40.4 Å². The van der Waals surface area contributed by atoms with Gasteiger partial charge in [-0.05, 0) is 67.8 Å². The Bertz CT molecular complexity index is 2070. The normalized spacial score (nSPS) is 13.2. The van der Waals surface area contributed by atoms with Gasteiger partial charge in [0.2, 0.25) is 0 Å². The zero-order valence-corrected chi connectivity index (χ0v) is 34.7. The van der Waals surface area contributed by atoms with Crippen molar-refractivity contribution in [2.24, 2.45) is 5.73 Å². The highest BCUT2D eigenvalue weighted by atomic mass is 16.5. The van der Waals surface area contributed by atoms with Gasteiger partial charge >= 0.3 is 5.97 Å². The van der Waals surface area contributed by atoms with E-state index in [0.29, 0.717) is 74.9 Å². The van der Waals surface area contributed by atoms with E-state index < -0.39 is 0 Å². The number of nitrogens with two attached hydrogens (primary N) is 1. The van der Waals surface area contributed by atoms with Crippen LogP contribution in [0.2, 0.25) is 0 Å². The fourth-order valence-electron chi connectivity index (χ4n) is 7.01. The van der Waals surface area contributed by atoms with Gasteiger partial charge in [0.15, 0.2) is 0 Å². The number of esters is 1. The summed E-state index contributed by atoms with van der Waals surface area (Å²) in [6, 6.07) is 30.7. The van der Waals surface area contributed by atoms with Crippen molar-refractivity contribution in [2.45, 2.75) is 40.0 Å². The monoisotopic (exact) mass is 803 g/mol. The number of aromatic nitrogens is 2. The molecular formula is C46H57N7O6. The van der Waals surface area contributed by atoms with Crippen LogP contribution in [-0.4, -0.2) is 99.0 Å². The van der Waals surface area contributed by atoms with E-state index in [4.69, 9.17) is 34.4 Å². The standard InChI is InChI=1S/C46H57N7O6/c1-5-58-46(54)31-52-20-18-51(19-21-52)29-37-9-6-10-38(24-37)50-44-28-45(49-33-48-44)53(39-11-7-8-35(25-39)16-17-47)30-41-42(55-3)26-40(27-43(41)56-4)59-23-22-57-32-36-14-12-34(2)13-15-36/h6-15,24-28,33H,5,16-23,29-32,47H2,1-4H3,(H,48,49,50). The number of piperazine rings is 1. The van der Waals surface area contributed by atoms with Gasteiger partial charge in [0.1, 0.15) is 41.8 Å². The Labute approximate surface area is 348 Å². The van der Waals surface area contributed by atoms with Crippen molar-refractivity contribution in [1.29, 1.82) is 0 Å². The summed E-state index contributed by atoms with van der Waals surface area (Å²) in [6.45, 7) is 11.1. The SMILES string of the molecule is CCOC(=O)CN1CCN(Cc2cccc(Nc3cc(N(Cc4c(OC)cc(OCCOCc5ccc(C)cc5)cc4OC)c4cccc(CCN)c4)ncn3)c2)CC1. The minimum absolute atomic E-state index is 0.165. The molecule has 59 heavy (non-hydrogen) atoms. The van der Waals surface area contributed by atoms with Gasteiger partial charge in [0.05, 0.1) is 52.7 Å². The number of nitrogens with one attached hydrogen (secondary N) is 1. The smallest absolute Gasteiger partial charge is 0.320 e. The Hall–Kier alpha value is -5.73. The third kappa shape index (κ3) is 12.6. The average molecular weight is 804 g/mol. The van der Waals surface area contributed by atoms with Gasteiger partial charge in [0, 0.05) is 62.3 Å². The lowest BCUT2D eigenvalue weighted by atomic mass is 10.1. The van der Waals surface area contributed by atoms with E-state index in [2.05, 4.69) is 92.6 Å². The van der Waals surface area contributed by atoms with Crippen LogP contribution in [0.5, 0.6) is 17.2 Å². The third-order valence-corrected chi connectivity index (χ3v) is 10.1. The third-order valence-electron chi connectivity index (χ3n) is 10.1.